The van der Waals surface area contributed by atoms with Gasteiger partial charge >= 0.3 is 17.9 Å². The van der Waals surface area contributed by atoms with Crippen LogP contribution in [0, 0.1) is 0 Å². The molecule has 0 radical (unpaired) electrons. The number of carbonyl (C=O) groups is 3. The normalized spacial score (nSPS) is 13.2. The van der Waals surface area contributed by atoms with Gasteiger partial charge in [-0.1, -0.05) is 262 Å². The van der Waals surface area contributed by atoms with Gasteiger partial charge in [0.05, 0.1) is 0 Å². The van der Waals surface area contributed by atoms with Gasteiger partial charge in [0.2, 0.25) is 0 Å². The van der Waals surface area contributed by atoms with E-state index in [-0.39, 0.29) is 31.1 Å². The Morgan fingerprint density at radius 1 is 0.253 bits per heavy atom. The summed E-state index contributed by atoms with van der Waals surface area (Å²) in [5, 5.41) is 0. The van der Waals surface area contributed by atoms with E-state index in [2.05, 4.69) is 179 Å². The molecule has 0 aliphatic heterocycles. The molecule has 0 saturated carbocycles. The maximum absolute atomic E-state index is 12.9. The Bertz CT molecular complexity index is 1780. The summed E-state index contributed by atoms with van der Waals surface area (Å²) in [4.78, 5) is 38.4. The SMILES string of the molecule is CC/C=C\C/C=C\C/C=C\C/C=C\C/C=C\CCCCCCCC(=O)OCC(COC(=O)CCCCCCCC/C=C\C/C=C\C/C=C\C/C=C\CC)OC(=O)CCCCCCCCCC/C=C\C/C=C\C/C=C\C/C=C\CC. The van der Waals surface area contributed by atoms with Crippen molar-refractivity contribution in [2.75, 3.05) is 13.2 Å². The van der Waals surface area contributed by atoms with E-state index >= 15 is 0 Å². The summed E-state index contributed by atoms with van der Waals surface area (Å²) in [7, 11) is 0. The van der Waals surface area contributed by atoms with Crippen molar-refractivity contribution in [1.82, 2.24) is 0 Å². The van der Waals surface area contributed by atoms with E-state index < -0.39 is 6.10 Å². The molecular formula is C73H116O6. The molecule has 0 saturated heterocycles. The zero-order valence-electron chi connectivity index (χ0n) is 50.8. The minimum absolute atomic E-state index is 0.102. The molecule has 0 rings (SSSR count). The highest BCUT2D eigenvalue weighted by molar-refractivity contribution is 5.71. The van der Waals surface area contributed by atoms with E-state index in [1.165, 1.54) is 44.9 Å². The third-order valence-electron chi connectivity index (χ3n) is 13.0. The molecule has 1 atom stereocenters. The maximum atomic E-state index is 12.9. The first kappa shape index (κ1) is 74.0. The van der Waals surface area contributed by atoms with Crippen molar-refractivity contribution in [3.63, 3.8) is 0 Å². The topological polar surface area (TPSA) is 78.9 Å². The Morgan fingerprint density at radius 2 is 0.456 bits per heavy atom. The lowest BCUT2D eigenvalue weighted by Crippen LogP contribution is -2.30. The quantitative estimate of drug-likeness (QED) is 0.0261. The molecule has 0 aromatic heterocycles. The van der Waals surface area contributed by atoms with Gasteiger partial charge in [-0.05, 0) is 141 Å². The van der Waals surface area contributed by atoms with Crippen molar-refractivity contribution in [3.05, 3.63) is 158 Å². The highest BCUT2D eigenvalue weighted by atomic mass is 16.6. The van der Waals surface area contributed by atoms with Crippen LogP contribution in [-0.2, 0) is 28.6 Å². The predicted molar refractivity (Wildman–Crippen MR) is 343 cm³/mol. The van der Waals surface area contributed by atoms with Gasteiger partial charge in [-0.2, -0.15) is 0 Å². The summed E-state index contributed by atoms with van der Waals surface area (Å²) < 4.78 is 16.9. The Labute approximate surface area is 486 Å². The molecular weight excluding hydrogens is 973 g/mol. The molecule has 0 N–H and O–H groups in total. The molecule has 0 aliphatic rings. The van der Waals surface area contributed by atoms with Crippen LogP contribution in [0.15, 0.2) is 158 Å². The van der Waals surface area contributed by atoms with Crippen molar-refractivity contribution in [2.24, 2.45) is 0 Å². The van der Waals surface area contributed by atoms with E-state index in [0.717, 1.165) is 180 Å². The Balaban J connectivity index is 4.50. The van der Waals surface area contributed by atoms with Crippen molar-refractivity contribution < 1.29 is 28.6 Å². The molecule has 1 unspecified atom stereocenters. The molecule has 0 aromatic rings. The zero-order chi connectivity index (χ0) is 57.1. The van der Waals surface area contributed by atoms with Gasteiger partial charge in [0.25, 0.3) is 0 Å². The first-order valence-electron chi connectivity index (χ1n) is 32.0. The van der Waals surface area contributed by atoms with Crippen LogP contribution in [0.5, 0.6) is 0 Å². The van der Waals surface area contributed by atoms with E-state index in [9.17, 15) is 14.4 Å². The number of rotatable bonds is 56. The lowest BCUT2D eigenvalue weighted by atomic mass is 10.1. The lowest BCUT2D eigenvalue weighted by Gasteiger charge is -2.18. The number of allylic oxidation sites excluding steroid dienone is 26. The Hall–Kier alpha value is -4.97. The van der Waals surface area contributed by atoms with Crippen molar-refractivity contribution in [3.8, 4) is 0 Å². The minimum atomic E-state index is -0.807. The van der Waals surface area contributed by atoms with Gasteiger partial charge in [-0.15, -0.1) is 0 Å². The number of hydrogen-bond acceptors (Lipinski definition) is 6. The van der Waals surface area contributed by atoms with Crippen LogP contribution in [-0.4, -0.2) is 37.2 Å². The zero-order valence-corrected chi connectivity index (χ0v) is 50.8. The minimum Gasteiger partial charge on any atom is -0.462 e. The number of esters is 3. The van der Waals surface area contributed by atoms with Gasteiger partial charge in [-0.25, -0.2) is 0 Å². The van der Waals surface area contributed by atoms with Crippen LogP contribution in [0.1, 0.15) is 265 Å². The van der Waals surface area contributed by atoms with Gasteiger partial charge in [0, 0.05) is 19.3 Å². The molecule has 444 valence electrons. The van der Waals surface area contributed by atoms with E-state index in [1.54, 1.807) is 0 Å². The van der Waals surface area contributed by atoms with Crippen LogP contribution in [0.25, 0.3) is 0 Å². The number of unbranched alkanes of at least 4 members (excludes halogenated alkanes) is 19. The molecule has 79 heavy (non-hydrogen) atoms. The van der Waals surface area contributed by atoms with Gasteiger partial charge in [-0.3, -0.25) is 14.4 Å². The molecule has 0 aliphatic carbocycles. The smallest absolute Gasteiger partial charge is 0.306 e. The fourth-order valence-corrected chi connectivity index (χ4v) is 8.33. The highest BCUT2D eigenvalue weighted by Crippen LogP contribution is 2.15. The molecule has 0 aromatic carbocycles. The molecule has 0 spiro atoms. The second-order valence-electron chi connectivity index (χ2n) is 20.5. The Kier molecular flexibility index (Phi) is 61.4. The average molecular weight is 1090 g/mol. The molecule has 0 fully saturated rings. The molecule has 0 bridgehead atoms. The largest absolute Gasteiger partial charge is 0.462 e. The molecule has 6 nitrogen and oxygen atoms in total. The van der Waals surface area contributed by atoms with Crippen molar-refractivity contribution in [1.29, 1.82) is 0 Å². The van der Waals surface area contributed by atoms with Crippen LogP contribution >= 0.6 is 0 Å². The number of ether oxygens (including phenoxy) is 3. The third-order valence-corrected chi connectivity index (χ3v) is 13.0. The number of carbonyl (C=O) groups excluding carboxylic acids is 3. The first-order valence-corrected chi connectivity index (χ1v) is 32.0. The van der Waals surface area contributed by atoms with E-state index in [0.29, 0.717) is 19.3 Å². The highest BCUT2D eigenvalue weighted by Gasteiger charge is 2.19. The van der Waals surface area contributed by atoms with Crippen LogP contribution in [0.3, 0.4) is 0 Å². The molecule has 6 heteroatoms. The molecule has 0 heterocycles. The fraction of sp³-hybridized carbons (Fsp3) is 0.603. The van der Waals surface area contributed by atoms with Gasteiger partial charge in [0.1, 0.15) is 13.2 Å². The van der Waals surface area contributed by atoms with Crippen LogP contribution in [0.4, 0.5) is 0 Å². The summed E-state index contributed by atoms with van der Waals surface area (Å²) in [6.07, 6.45) is 95.2. The van der Waals surface area contributed by atoms with Crippen molar-refractivity contribution in [2.45, 2.75) is 271 Å². The van der Waals surface area contributed by atoms with Gasteiger partial charge < -0.3 is 14.2 Å². The summed E-state index contributed by atoms with van der Waals surface area (Å²) in [6, 6.07) is 0. The second-order valence-corrected chi connectivity index (χ2v) is 20.5. The fourth-order valence-electron chi connectivity index (χ4n) is 8.33. The van der Waals surface area contributed by atoms with Gasteiger partial charge in [0.15, 0.2) is 6.10 Å². The maximum Gasteiger partial charge on any atom is 0.306 e. The van der Waals surface area contributed by atoms with Crippen LogP contribution in [0.2, 0.25) is 0 Å². The van der Waals surface area contributed by atoms with E-state index in [4.69, 9.17) is 14.2 Å². The summed E-state index contributed by atoms with van der Waals surface area (Å²) in [6.45, 7) is 6.27. The summed E-state index contributed by atoms with van der Waals surface area (Å²) in [5.74, 6) is -0.943. The average Bonchev–Trinajstić information content (AvgIpc) is 3.45. The monoisotopic (exact) mass is 1090 g/mol. The summed E-state index contributed by atoms with van der Waals surface area (Å²) in [5.41, 5.74) is 0. The Morgan fingerprint density at radius 3 is 0.709 bits per heavy atom. The van der Waals surface area contributed by atoms with Crippen molar-refractivity contribution >= 4 is 17.9 Å². The lowest BCUT2D eigenvalue weighted by molar-refractivity contribution is -0.167. The first-order chi connectivity index (χ1) is 39.0. The summed E-state index contributed by atoms with van der Waals surface area (Å²) >= 11 is 0. The second kappa shape index (κ2) is 65.5. The predicted octanol–water partition coefficient (Wildman–Crippen LogP) is 22.1. The van der Waals surface area contributed by atoms with Crippen LogP contribution < -0.4 is 0 Å². The number of hydrogen-bond donors (Lipinski definition) is 0. The molecule has 0 amide bonds. The third kappa shape index (κ3) is 63.7. The van der Waals surface area contributed by atoms with E-state index in [1.807, 2.05) is 0 Å². The standard InChI is InChI=1S/C73H116O6/c1-4-7-10-13-16-19-22-25-28-31-34-36-39-42-45-48-51-54-57-60-63-66-72(75)78-69-70(68-77-71(74)65-62-59-56-53-50-47-44-41-38-33-30-27-24-21-18-15-12-9-6-3)79-73(76)67-64-61-58-55-52-49-46-43-40-37-35-32-29-26-23-20-17-14-11-8-5-2/h7-12,16-21,25-30,34-38,41-42,45,70H,4-6,13-15,22-24,31-33,39-40,43-44,46-69H2,1-3H3/b10-7-,11-8-,12-9-,19-16-,20-17-,21-18-,28-25-,29-26-,30-27-,36-34-,37-35-,41-38-,45-42-.